The molecule has 0 aliphatic heterocycles. The average molecular weight is 446 g/mol. The molecule has 2 nitrogen and oxygen atoms in total. The number of amides is 1. The van der Waals surface area contributed by atoms with Crippen LogP contribution in [0.25, 0.3) is 0 Å². The number of hydrogen-bond acceptors (Lipinski definition) is 3. The van der Waals surface area contributed by atoms with Crippen LogP contribution in [-0.4, -0.2) is 22.4 Å². The summed E-state index contributed by atoms with van der Waals surface area (Å²) < 4.78 is -0.256. The largest absolute Gasteiger partial charge is 0.317 e. The number of carbonyl (C=O) groups excluding carboxylic acids is 1. The van der Waals surface area contributed by atoms with Crippen molar-refractivity contribution in [2.24, 2.45) is 0 Å². The molecule has 4 rings (SSSR count). The summed E-state index contributed by atoms with van der Waals surface area (Å²) >= 11 is 3.25. The van der Waals surface area contributed by atoms with Crippen LogP contribution in [0.5, 0.6) is 0 Å². The topological polar surface area (TPSA) is 20.3 Å². The molecule has 1 unspecified atom stereocenters. The maximum Gasteiger partial charge on any atom is 0.250 e. The number of benzene rings is 3. The summed E-state index contributed by atoms with van der Waals surface area (Å²) in [6.07, 6.45) is 5.52. The minimum Gasteiger partial charge on any atom is -0.317 e. The number of nitrogens with zero attached hydrogens (tertiary/aromatic N) is 1. The van der Waals surface area contributed by atoms with Crippen molar-refractivity contribution in [2.75, 3.05) is 7.05 Å². The van der Waals surface area contributed by atoms with E-state index in [9.17, 15) is 4.79 Å². The first-order valence-electron chi connectivity index (χ1n) is 10.7. The lowest BCUT2D eigenvalue weighted by Crippen LogP contribution is -2.35. The Morgan fingerprint density at radius 3 is 1.90 bits per heavy atom. The third kappa shape index (κ3) is 5.63. The van der Waals surface area contributed by atoms with E-state index in [0.717, 1.165) is 34.8 Å². The number of allylic oxidation sites excluding steroid dienone is 2. The van der Waals surface area contributed by atoms with Crippen LogP contribution >= 0.6 is 23.5 Å². The van der Waals surface area contributed by atoms with E-state index in [2.05, 4.69) is 54.6 Å². The molecule has 0 aromatic heterocycles. The molecule has 3 aromatic rings. The summed E-state index contributed by atoms with van der Waals surface area (Å²) in [4.78, 5) is 17.9. The summed E-state index contributed by atoms with van der Waals surface area (Å²) in [5.74, 6) is 0.407. The van der Waals surface area contributed by atoms with Crippen molar-refractivity contribution in [1.29, 1.82) is 0 Å². The molecule has 31 heavy (non-hydrogen) atoms. The van der Waals surface area contributed by atoms with Crippen LogP contribution in [-0.2, 0) is 4.79 Å². The summed E-state index contributed by atoms with van der Waals surface area (Å²) in [6.45, 7) is 0. The predicted octanol–water partition coefficient (Wildman–Crippen LogP) is 7.21. The molecule has 1 aliphatic carbocycles. The first-order valence-corrected chi connectivity index (χ1v) is 12.4. The summed E-state index contributed by atoms with van der Waals surface area (Å²) in [7, 11) is 1.94. The summed E-state index contributed by atoms with van der Waals surface area (Å²) in [5.41, 5.74) is 2.42. The fraction of sp³-hybridized carbons (Fsp3) is 0.222. The van der Waals surface area contributed by atoms with Crippen LogP contribution in [0, 0.1) is 0 Å². The highest BCUT2D eigenvalue weighted by molar-refractivity contribution is 8.18. The maximum atomic E-state index is 13.8. The number of rotatable bonds is 7. The highest BCUT2D eigenvalue weighted by Gasteiger charge is 2.31. The van der Waals surface area contributed by atoms with Crippen LogP contribution in [0.3, 0.4) is 0 Å². The Morgan fingerprint density at radius 2 is 1.35 bits per heavy atom. The van der Waals surface area contributed by atoms with Crippen LogP contribution in [0.2, 0.25) is 0 Å². The molecule has 3 aromatic carbocycles. The lowest BCUT2D eigenvalue weighted by Gasteiger charge is -2.33. The highest BCUT2D eigenvalue weighted by atomic mass is 32.2. The maximum absolute atomic E-state index is 13.8. The molecule has 0 spiro atoms. The highest BCUT2D eigenvalue weighted by Crippen LogP contribution is 2.40. The molecule has 1 aliphatic rings. The second-order valence-electron chi connectivity index (χ2n) is 7.61. The zero-order valence-electron chi connectivity index (χ0n) is 17.7. The van der Waals surface area contributed by atoms with Gasteiger partial charge in [-0.05, 0) is 49.1 Å². The van der Waals surface area contributed by atoms with Gasteiger partial charge >= 0.3 is 0 Å². The van der Waals surface area contributed by atoms with Gasteiger partial charge in [0, 0.05) is 28.5 Å². The van der Waals surface area contributed by atoms with Crippen LogP contribution in [0.4, 0.5) is 0 Å². The molecule has 0 saturated heterocycles. The minimum absolute atomic E-state index is 0.136. The normalized spacial score (nSPS) is 16.1. The molecular weight excluding hydrogens is 418 g/mol. The molecule has 0 saturated carbocycles. The SMILES string of the molecule is CN(C(=O)C(Sc1ccccc1)Sc1ccccc1)C1=CCCCC1c1ccccc1. The van der Waals surface area contributed by atoms with Crippen molar-refractivity contribution in [3.63, 3.8) is 0 Å². The third-order valence-corrected chi connectivity index (χ3v) is 8.00. The fourth-order valence-corrected chi connectivity index (χ4v) is 6.41. The van der Waals surface area contributed by atoms with E-state index in [1.54, 1.807) is 23.5 Å². The van der Waals surface area contributed by atoms with Gasteiger partial charge in [-0.2, -0.15) is 0 Å². The van der Waals surface area contributed by atoms with E-state index in [1.165, 1.54) is 5.56 Å². The third-order valence-electron chi connectivity index (χ3n) is 5.50. The Kier molecular flexibility index (Phi) is 7.55. The Labute approximate surface area is 193 Å². The van der Waals surface area contributed by atoms with Gasteiger partial charge in [0.05, 0.1) is 0 Å². The zero-order valence-corrected chi connectivity index (χ0v) is 19.3. The molecule has 0 N–H and O–H groups in total. The Morgan fingerprint density at radius 1 is 0.839 bits per heavy atom. The molecule has 0 heterocycles. The van der Waals surface area contributed by atoms with E-state index in [0.29, 0.717) is 0 Å². The van der Waals surface area contributed by atoms with Gasteiger partial charge in [-0.3, -0.25) is 4.79 Å². The van der Waals surface area contributed by atoms with Gasteiger partial charge in [0.15, 0.2) is 0 Å². The number of carbonyl (C=O) groups is 1. The van der Waals surface area contributed by atoms with E-state index < -0.39 is 0 Å². The summed E-state index contributed by atoms with van der Waals surface area (Å²) in [5, 5.41) is 0. The molecule has 1 atom stereocenters. The van der Waals surface area contributed by atoms with Gasteiger partial charge in [-0.25, -0.2) is 0 Å². The van der Waals surface area contributed by atoms with Gasteiger partial charge in [0.1, 0.15) is 4.58 Å². The van der Waals surface area contributed by atoms with E-state index in [1.807, 2.05) is 54.4 Å². The van der Waals surface area contributed by atoms with Crippen LogP contribution in [0.15, 0.2) is 113 Å². The number of likely N-dealkylation sites (N-methyl/N-ethyl adjacent to an activating group) is 1. The van der Waals surface area contributed by atoms with Gasteiger partial charge in [0.25, 0.3) is 0 Å². The van der Waals surface area contributed by atoms with Crippen molar-refractivity contribution < 1.29 is 4.79 Å². The van der Waals surface area contributed by atoms with Crippen molar-refractivity contribution in [2.45, 2.75) is 39.6 Å². The fourth-order valence-electron chi connectivity index (χ4n) is 3.91. The van der Waals surface area contributed by atoms with Gasteiger partial charge in [-0.1, -0.05) is 72.8 Å². The van der Waals surface area contributed by atoms with Crippen molar-refractivity contribution >= 4 is 29.4 Å². The van der Waals surface area contributed by atoms with Gasteiger partial charge < -0.3 is 4.90 Å². The Balaban J connectivity index is 1.59. The molecule has 4 heteroatoms. The predicted molar refractivity (Wildman–Crippen MR) is 132 cm³/mol. The number of hydrogen-bond donors (Lipinski definition) is 0. The zero-order chi connectivity index (χ0) is 21.5. The molecule has 0 bridgehead atoms. The quantitative estimate of drug-likeness (QED) is 0.283. The second-order valence-corrected chi connectivity index (χ2v) is 10.3. The molecule has 0 radical (unpaired) electrons. The van der Waals surface area contributed by atoms with E-state index in [4.69, 9.17) is 0 Å². The van der Waals surface area contributed by atoms with Crippen molar-refractivity contribution in [3.8, 4) is 0 Å². The number of thioether (sulfide) groups is 2. The monoisotopic (exact) mass is 445 g/mol. The van der Waals surface area contributed by atoms with Gasteiger partial charge in [-0.15, -0.1) is 23.5 Å². The first kappa shape index (κ1) is 21.8. The Bertz CT molecular complexity index is 964. The van der Waals surface area contributed by atoms with Crippen molar-refractivity contribution in [3.05, 3.63) is 108 Å². The van der Waals surface area contributed by atoms with E-state index in [-0.39, 0.29) is 16.4 Å². The lowest BCUT2D eigenvalue weighted by molar-refractivity contribution is -0.126. The minimum atomic E-state index is -0.256. The lowest BCUT2D eigenvalue weighted by atomic mass is 9.85. The molecular formula is C27H27NOS2. The Hall–Kier alpha value is -2.43. The molecule has 0 fully saturated rings. The van der Waals surface area contributed by atoms with E-state index >= 15 is 0 Å². The average Bonchev–Trinajstić information content (AvgIpc) is 2.84. The first-order chi connectivity index (χ1) is 15.2. The molecule has 158 valence electrons. The second kappa shape index (κ2) is 10.7. The van der Waals surface area contributed by atoms with Gasteiger partial charge in [0.2, 0.25) is 5.91 Å². The molecule has 1 amide bonds. The van der Waals surface area contributed by atoms with Crippen molar-refractivity contribution in [1.82, 2.24) is 4.90 Å². The van der Waals surface area contributed by atoms with Crippen LogP contribution < -0.4 is 0 Å². The summed E-state index contributed by atoms with van der Waals surface area (Å²) in [6, 6.07) is 31.0. The smallest absolute Gasteiger partial charge is 0.250 e. The van der Waals surface area contributed by atoms with Crippen LogP contribution in [0.1, 0.15) is 30.7 Å². The standard InChI is InChI=1S/C27H27NOS2/c1-28(25-20-12-11-19-24(25)21-13-5-2-6-14-21)26(29)27(30-22-15-7-3-8-16-22)31-23-17-9-4-10-18-23/h2-10,13-18,20,24,27H,11-12,19H2,1H3.